The first-order valence-corrected chi connectivity index (χ1v) is 12.1. The molecule has 1 N–H and O–H groups in total. The van der Waals surface area contributed by atoms with Crippen LogP contribution in [0.2, 0.25) is 0 Å². The molecule has 0 saturated carbocycles. The van der Waals surface area contributed by atoms with E-state index in [-0.39, 0.29) is 10.8 Å². The van der Waals surface area contributed by atoms with Gasteiger partial charge in [0.1, 0.15) is 0 Å². The normalized spacial score (nSPS) is 13.9. The van der Waals surface area contributed by atoms with E-state index in [9.17, 15) is 4.21 Å². The Balaban J connectivity index is 1.80. The number of hydrogen-bond acceptors (Lipinski definition) is 3. The van der Waals surface area contributed by atoms with Crippen LogP contribution in [0.3, 0.4) is 0 Å². The minimum atomic E-state index is -1.24. The van der Waals surface area contributed by atoms with E-state index in [1.54, 1.807) is 6.20 Å². The van der Waals surface area contributed by atoms with Gasteiger partial charge in [0.25, 0.3) is 0 Å². The molecule has 7 heteroatoms. The van der Waals surface area contributed by atoms with Gasteiger partial charge in [0, 0.05) is 28.2 Å². The lowest BCUT2D eigenvalue weighted by Gasteiger charge is -2.26. The van der Waals surface area contributed by atoms with Crippen molar-refractivity contribution in [1.82, 2.24) is 19.5 Å². The highest BCUT2D eigenvalue weighted by Crippen LogP contribution is 2.29. The van der Waals surface area contributed by atoms with E-state index < -0.39 is 11.0 Å². The molecule has 160 valence electrons. The fourth-order valence-electron chi connectivity index (χ4n) is 3.42. The maximum atomic E-state index is 13.0. The number of aromatic nitrogens is 3. The number of halogens is 1. The van der Waals surface area contributed by atoms with Gasteiger partial charge in [-0.15, -0.1) is 0 Å². The Kier molecular flexibility index (Phi) is 6.36. The Labute approximate surface area is 193 Å². The maximum Gasteiger partial charge on any atom is 0.0976 e. The van der Waals surface area contributed by atoms with Crippen LogP contribution in [0.1, 0.15) is 38.1 Å². The summed E-state index contributed by atoms with van der Waals surface area (Å²) in [5, 5.41) is 5.71. The van der Waals surface area contributed by atoms with Crippen molar-refractivity contribution in [3.05, 3.63) is 88.8 Å². The number of hydrogen-bond donors (Lipinski definition) is 1. The molecule has 4 aromatic rings. The predicted octanol–water partition coefficient (Wildman–Crippen LogP) is 5.52. The van der Waals surface area contributed by atoms with Crippen molar-refractivity contribution in [2.24, 2.45) is 0 Å². The summed E-state index contributed by atoms with van der Waals surface area (Å²) in [4.78, 5) is 4.50. The molecule has 0 radical (unpaired) electrons. The molecule has 0 bridgehead atoms. The van der Waals surface area contributed by atoms with E-state index in [0.29, 0.717) is 6.42 Å². The van der Waals surface area contributed by atoms with Crippen LogP contribution < -0.4 is 4.72 Å². The van der Waals surface area contributed by atoms with Gasteiger partial charge in [0.15, 0.2) is 0 Å². The van der Waals surface area contributed by atoms with Crippen molar-refractivity contribution >= 4 is 37.8 Å². The highest BCUT2D eigenvalue weighted by molar-refractivity contribution is 9.10. The molecular formula is C24H25BrN4OS. The summed E-state index contributed by atoms with van der Waals surface area (Å²) in [6, 6.07) is 19.9. The Morgan fingerprint density at radius 2 is 1.87 bits per heavy atom. The summed E-state index contributed by atoms with van der Waals surface area (Å²) in [6.45, 7) is 5.91. The maximum absolute atomic E-state index is 13.0. The van der Waals surface area contributed by atoms with Crippen LogP contribution in [0.5, 0.6) is 0 Å². The van der Waals surface area contributed by atoms with E-state index in [1.165, 1.54) is 0 Å². The highest BCUT2D eigenvalue weighted by Gasteiger charge is 2.26. The van der Waals surface area contributed by atoms with Gasteiger partial charge < -0.3 is 0 Å². The Morgan fingerprint density at radius 3 is 2.61 bits per heavy atom. The summed E-state index contributed by atoms with van der Waals surface area (Å²) < 4.78 is 19.0. The minimum Gasteiger partial charge on any atom is -0.261 e. The molecule has 2 atom stereocenters. The largest absolute Gasteiger partial charge is 0.261 e. The van der Waals surface area contributed by atoms with Gasteiger partial charge in [0.05, 0.1) is 39.2 Å². The van der Waals surface area contributed by atoms with E-state index in [4.69, 9.17) is 0 Å². The topological polar surface area (TPSA) is 59.8 Å². The molecule has 0 unspecified atom stereocenters. The molecule has 2 aromatic carbocycles. The van der Waals surface area contributed by atoms with Crippen molar-refractivity contribution in [3.8, 4) is 5.69 Å². The summed E-state index contributed by atoms with van der Waals surface area (Å²) in [5.74, 6) is 0. The average Bonchev–Trinajstić information content (AvgIpc) is 3.16. The Morgan fingerprint density at radius 1 is 1.10 bits per heavy atom. The molecule has 0 aliphatic carbocycles. The van der Waals surface area contributed by atoms with Crippen LogP contribution in [0.15, 0.2) is 77.5 Å². The first-order valence-electron chi connectivity index (χ1n) is 10.1. The van der Waals surface area contributed by atoms with E-state index in [2.05, 4.69) is 55.0 Å². The second-order valence-corrected chi connectivity index (χ2v) is 11.3. The molecule has 0 aliphatic rings. The van der Waals surface area contributed by atoms with E-state index in [0.717, 1.165) is 32.3 Å². The molecule has 2 heterocycles. The third-order valence-electron chi connectivity index (χ3n) is 5.02. The molecule has 0 fully saturated rings. The quantitative estimate of drug-likeness (QED) is 0.382. The molecule has 0 aliphatic heterocycles. The smallest absolute Gasteiger partial charge is 0.0976 e. The van der Waals surface area contributed by atoms with Crippen LogP contribution in [0.4, 0.5) is 0 Å². The van der Waals surface area contributed by atoms with Gasteiger partial charge in [-0.2, -0.15) is 5.10 Å². The molecule has 0 spiro atoms. The first kappa shape index (κ1) is 21.9. The highest BCUT2D eigenvalue weighted by atomic mass is 79.9. The van der Waals surface area contributed by atoms with Gasteiger partial charge in [-0.3, -0.25) is 4.98 Å². The van der Waals surface area contributed by atoms with Gasteiger partial charge >= 0.3 is 0 Å². The third-order valence-corrected chi connectivity index (χ3v) is 7.12. The van der Waals surface area contributed by atoms with Crippen LogP contribution in [-0.4, -0.2) is 23.7 Å². The number of pyridine rings is 1. The molecular weight excluding hydrogens is 472 g/mol. The number of nitrogens with zero attached hydrogens (tertiary/aromatic N) is 3. The lowest BCUT2D eigenvalue weighted by atomic mass is 10.0. The average molecular weight is 497 g/mol. The number of rotatable bonds is 6. The summed E-state index contributed by atoms with van der Waals surface area (Å²) in [6.07, 6.45) is 4.27. The SMILES string of the molecule is CC(C)(C)[S@](=O)N[C@@H](Cc1ccccn1)c1ccccc1-n1ncc2cc(Br)ccc21. The predicted molar refractivity (Wildman–Crippen MR) is 130 cm³/mol. The Bertz CT molecular complexity index is 1220. The Hall–Kier alpha value is -2.35. The summed E-state index contributed by atoms with van der Waals surface area (Å²) in [7, 11) is -1.24. The standard InChI is InChI=1S/C24H25BrN4OS/c1-24(2,3)31(30)28-21(15-19-8-6-7-13-26-19)20-9-4-5-10-23(20)29-22-12-11-18(25)14-17(22)16-27-29/h4-14,16,21,28H,15H2,1-3H3/t21-,31-/m0/s1. The number of para-hydroxylation sites is 1. The zero-order chi connectivity index (χ0) is 22.0. The van der Waals surface area contributed by atoms with Crippen molar-refractivity contribution < 1.29 is 4.21 Å². The van der Waals surface area contributed by atoms with Crippen LogP contribution >= 0.6 is 15.9 Å². The van der Waals surface area contributed by atoms with E-state index in [1.807, 2.05) is 68.0 Å². The van der Waals surface area contributed by atoms with Gasteiger partial charge in [-0.1, -0.05) is 40.2 Å². The zero-order valence-electron chi connectivity index (χ0n) is 17.7. The lowest BCUT2D eigenvalue weighted by Crippen LogP contribution is -2.37. The fraction of sp³-hybridized carbons (Fsp3) is 0.250. The zero-order valence-corrected chi connectivity index (χ0v) is 20.2. The number of fused-ring (bicyclic) bond motifs is 1. The summed E-state index contributed by atoms with van der Waals surface area (Å²) in [5.41, 5.74) is 3.94. The van der Waals surface area contributed by atoms with Crippen molar-refractivity contribution in [1.29, 1.82) is 0 Å². The van der Waals surface area contributed by atoms with Crippen molar-refractivity contribution in [3.63, 3.8) is 0 Å². The monoisotopic (exact) mass is 496 g/mol. The van der Waals surface area contributed by atoms with Gasteiger partial charge in [0.2, 0.25) is 0 Å². The number of benzene rings is 2. The molecule has 0 amide bonds. The van der Waals surface area contributed by atoms with E-state index >= 15 is 0 Å². The summed E-state index contributed by atoms with van der Waals surface area (Å²) >= 11 is 3.53. The van der Waals surface area contributed by atoms with Crippen LogP contribution in [-0.2, 0) is 17.4 Å². The minimum absolute atomic E-state index is 0.194. The molecule has 2 aromatic heterocycles. The van der Waals surface area contributed by atoms with Crippen LogP contribution in [0, 0.1) is 0 Å². The second kappa shape index (κ2) is 9.02. The first-order chi connectivity index (χ1) is 14.8. The van der Waals surface area contributed by atoms with Crippen molar-refractivity contribution in [2.75, 3.05) is 0 Å². The third kappa shape index (κ3) is 4.95. The molecule has 0 saturated heterocycles. The second-order valence-electron chi connectivity index (χ2n) is 8.40. The van der Waals surface area contributed by atoms with Gasteiger partial charge in [-0.05, 0) is 62.7 Å². The fourth-order valence-corrected chi connectivity index (χ4v) is 4.62. The molecule has 4 rings (SSSR count). The van der Waals surface area contributed by atoms with Gasteiger partial charge in [-0.25, -0.2) is 13.6 Å². The molecule has 31 heavy (non-hydrogen) atoms. The van der Waals surface area contributed by atoms with Crippen molar-refractivity contribution in [2.45, 2.75) is 38.0 Å². The van der Waals surface area contributed by atoms with Crippen LogP contribution in [0.25, 0.3) is 16.6 Å². The molecule has 5 nitrogen and oxygen atoms in total. The lowest BCUT2D eigenvalue weighted by molar-refractivity contribution is 0.590. The number of nitrogens with one attached hydrogen (secondary N) is 1.